The van der Waals surface area contributed by atoms with Crippen LogP contribution in [0.25, 0.3) is 22.0 Å². The van der Waals surface area contributed by atoms with Crippen molar-refractivity contribution in [3.63, 3.8) is 0 Å². The molecule has 0 spiro atoms. The van der Waals surface area contributed by atoms with E-state index in [2.05, 4.69) is 32.3 Å². The van der Waals surface area contributed by atoms with Gasteiger partial charge in [-0.3, -0.25) is 23.5 Å². The van der Waals surface area contributed by atoms with Crippen molar-refractivity contribution in [1.82, 2.24) is 34.2 Å². The maximum absolute atomic E-state index is 15.5. The monoisotopic (exact) mass is 1050 g/mol. The summed E-state index contributed by atoms with van der Waals surface area (Å²) in [6.07, 6.45) is -10.3. The zero-order valence-electron chi connectivity index (χ0n) is 36.4. The number of nitrogens with zero attached hydrogens (tertiary/aromatic N) is 6. The number of benzene rings is 2. The molecule has 4 N–H and O–H groups in total. The average Bonchev–Trinajstić information content (AvgIpc) is 3.75. The molecular weight excluding hydrogens is 1020 g/mol. The van der Waals surface area contributed by atoms with E-state index in [-0.39, 0.29) is 49.6 Å². The molecule has 28 heteroatoms. The molecule has 1 fully saturated rings. The number of esters is 1. The van der Waals surface area contributed by atoms with Gasteiger partial charge < -0.3 is 15.8 Å². The van der Waals surface area contributed by atoms with Crippen LogP contribution in [0.5, 0.6) is 0 Å². The maximum Gasteiger partial charge on any atom is 0.435 e. The fourth-order valence-corrected chi connectivity index (χ4v) is 8.85. The molecule has 2 aromatic carbocycles. The van der Waals surface area contributed by atoms with Crippen molar-refractivity contribution in [3.05, 3.63) is 98.7 Å². The first-order valence-electron chi connectivity index (χ1n) is 20.4. The topological polar surface area (TPSA) is 205 Å². The third-order valence-electron chi connectivity index (χ3n) is 11.5. The smallest absolute Gasteiger partial charge is 0.435 e. The SMILES string of the molecule is CC(C)(C#Cc1ccc(-c2ccc(Cl)c3c(CN(COC(=O)CN)S(=O)O)nn(CC(F)(F)F)c23)c(C(Cc2cc(F)cc(F)c2)NC(=O)Cn2nc(C(F)(F)F)c3c2C(F)(F)[C@@H]2C[C@H]32)n1)S(C)(=O)=O. The molecule has 0 aliphatic heterocycles. The number of hydrogen-bond donors (Lipinski definition) is 3. The first kappa shape index (κ1) is 52.2. The van der Waals surface area contributed by atoms with Crippen LogP contribution in [0, 0.1) is 29.4 Å². The zero-order valence-corrected chi connectivity index (χ0v) is 38.7. The van der Waals surface area contributed by atoms with Crippen LogP contribution >= 0.6 is 11.6 Å². The predicted molar refractivity (Wildman–Crippen MR) is 229 cm³/mol. The van der Waals surface area contributed by atoms with E-state index in [1.807, 2.05) is 0 Å². The van der Waals surface area contributed by atoms with Gasteiger partial charge in [-0.2, -0.15) is 49.6 Å². The molecule has 1 saturated carbocycles. The molecule has 3 heterocycles. The van der Waals surface area contributed by atoms with Crippen molar-refractivity contribution < 1.29 is 75.4 Å². The minimum atomic E-state index is -5.21. The Labute approximate surface area is 398 Å². The molecule has 2 unspecified atom stereocenters. The van der Waals surface area contributed by atoms with Crippen LogP contribution in [-0.4, -0.2) is 88.4 Å². The van der Waals surface area contributed by atoms with Gasteiger partial charge in [-0.25, -0.2) is 26.4 Å². The lowest BCUT2D eigenvalue weighted by molar-refractivity contribution is -0.145. The summed E-state index contributed by atoms with van der Waals surface area (Å²) in [7, 11) is -3.88. The van der Waals surface area contributed by atoms with Gasteiger partial charge in [0.2, 0.25) is 17.2 Å². The summed E-state index contributed by atoms with van der Waals surface area (Å²) in [6, 6.07) is 5.20. The Morgan fingerprint density at radius 3 is 2.31 bits per heavy atom. The number of pyridine rings is 1. The molecule has 0 bridgehead atoms. The normalized spacial score (nSPS) is 17.4. The Hall–Kier alpha value is -5.66. The van der Waals surface area contributed by atoms with E-state index in [9.17, 15) is 61.9 Å². The van der Waals surface area contributed by atoms with E-state index < -0.39 is 153 Å². The Balaban J connectivity index is 1.44. The number of sulfone groups is 1. The van der Waals surface area contributed by atoms with E-state index in [1.165, 1.54) is 38.1 Å². The highest BCUT2D eigenvalue weighted by molar-refractivity contribution is 7.92. The average molecular weight is 1060 g/mol. The van der Waals surface area contributed by atoms with Gasteiger partial charge in [-0.15, -0.1) is 0 Å². The molecule has 0 saturated heterocycles. The highest BCUT2D eigenvalue weighted by Crippen LogP contribution is 2.68. The van der Waals surface area contributed by atoms with Gasteiger partial charge in [0.1, 0.15) is 40.9 Å². The molecule has 7 rings (SSSR count). The number of alkyl halides is 8. The third kappa shape index (κ3) is 10.8. The number of rotatable bonds is 15. The summed E-state index contributed by atoms with van der Waals surface area (Å²) < 4.78 is 198. The predicted octanol–water partition coefficient (Wildman–Crippen LogP) is 6.69. The van der Waals surface area contributed by atoms with Crippen LogP contribution < -0.4 is 11.1 Å². The minimum absolute atomic E-state index is 0.210. The first-order valence-corrected chi connectivity index (χ1v) is 23.7. The van der Waals surface area contributed by atoms with Crippen molar-refractivity contribution in [2.45, 2.75) is 81.3 Å². The molecule has 2 aliphatic carbocycles. The lowest BCUT2D eigenvalue weighted by atomic mass is 9.93. The number of carbonyl (C=O) groups is 2. The number of amides is 1. The van der Waals surface area contributed by atoms with Crippen molar-refractivity contribution in [2.75, 3.05) is 19.5 Å². The molecule has 0 radical (unpaired) electrons. The number of aromatic nitrogens is 5. The first-order chi connectivity index (χ1) is 32.4. The summed E-state index contributed by atoms with van der Waals surface area (Å²) in [4.78, 5) is 30.4. The molecule has 2 aliphatic rings. The van der Waals surface area contributed by atoms with Crippen LogP contribution in [0.1, 0.15) is 71.8 Å². The molecule has 376 valence electrons. The Bertz CT molecular complexity index is 3110. The number of nitrogens with two attached hydrogens (primary N) is 1. The van der Waals surface area contributed by atoms with Crippen molar-refractivity contribution >= 4 is 55.5 Å². The Kier molecular flexibility index (Phi) is 14.0. The minimum Gasteiger partial charge on any atom is -0.448 e. The number of carbonyl (C=O) groups excluding carboxylic acids is 2. The Morgan fingerprint density at radius 1 is 1.06 bits per heavy atom. The van der Waals surface area contributed by atoms with E-state index in [4.69, 9.17) is 22.1 Å². The lowest BCUT2D eigenvalue weighted by Gasteiger charge is -2.23. The highest BCUT2D eigenvalue weighted by Gasteiger charge is 2.68. The second-order valence-corrected chi connectivity index (χ2v) is 20.8. The summed E-state index contributed by atoms with van der Waals surface area (Å²) in [6.45, 7) is -2.94. The zero-order chi connectivity index (χ0) is 51.6. The second kappa shape index (κ2) is 18.8. The standard InChI is InChI=1S/C42H37ClF10N8O7S2/c1-39(2,70(3,66)67)9-8-23-4-5-24(25-6-7-28(43)34-30(57-61(36(25)34)18-40(46,47)48)16-59(69(64)65)19-68-32(63)15-54)35(55-23)29(12-20-10-21(44)13-22(45)11-20)56-31(62)17-60-38-33(37(58-60)42(51,52)53)26-14-27(26)41(38,49)50/h4-7,10-11,13,26-27,29H,12,14-19,54H2,1-3H3,(H,56,62)(H,64,65)/t26-,27+,29?/m0/s1. The number of halogens is 11. The highest BCUT2D eigenvalue weighted by atomic mass is 35.5. The van der Waals surface area contributed by atoms with Gasteiger partial charge in [0.15, 0.2) is 22.3 Å². The van der Waals surface area contributed by atoms with E-state index in [1.54, 1.807) is 0 Å². The molecule has 70 heavy (non-hydrogen) atoms. The number of fused-ring (bicyclic) bond motifs is 4. The quantitative estimate of drug-likeness (QED) is 0.0331. The van der Waals surface area contributed by atoms with Gasteiger partial charge in [-0.05, 0) is 74.4 Å². The second-order valence-electron chi connectivity index (χ2n) is 16.9. The van der Waals surface area contributed by atoms with E-state index in [0.717, 1.165) is 18.4 Å². The molecule has 1 amide bonds. The van der Waals surface area contributed by atoms with Crippen LogP contribution in [0.15, 0.2) is 42.5 Å². The van der Waals surface area contributed by atoms with Gasteiger partial charge in [0.25, 0.3) is 5.92 Å². The van der Waals surface area contributed by atoms with Gasteiger partial charge in [0, 0.05) is 40.3 Å². The molecule has 15 nitrogen and oxygen atoms in total. The number of ether oxygens (including phenoxy) is 1. The summed E-state index contributed by atoms with van der Waals surface area (Å²) in [5, 5.41) is 9.35. The molecule has 4 atom stereocenters. The van der Waals surface area contributed by atoms with Gasteiger partial charge >= 0.3 is 18.3 Å². The molecule has 3 aromatic heterocycles. The van der Waals surface area contributed by atoms with E-state index in [0.29, 0.717) is 15.1 Å². The van der Waals surface area contributed by atoms with Crippen molar-refractivity contribution in [2.24, 2.45) is 11.7 Å². The van der Waals surface area contributed by atoms with Crippen LogP contribution in [0.4, 0.5) is 43.9 Å². The summed E-state index contributed by atoms with van der Waals surface area (Å²) in [5.74, 6) is -5.92. The van der Waals surface area contributed by atoms with E-state index >= 15 is 8.78 Å². The van der Waals surface area contributed by atoms with Crippen molar-refractivity contribution in [3.8, 4) is 23.0 Å². The van der Waals surface area contributed by atoms with Gasteiger partial charge in [0.05, 0.1) is 41.1 Å². The number of nitrogens with one attached hydrogen (secondary N) is 1. The summed E-state index contributed by atoms with van der Waals surface area (Å²) >= 11 is 3.66. The van der Waals surface area contributed by atoms with Crippen LogP contribution in [0.3, 0.4) is 0 Å². The molecular formula is C42H37ClF10N8O7S2. The fourth-order valence-electron chi connectivity index (χ4n) is 7.98. The largest absolute Gasteiger partial charge is 0.448 e. The van der Waals surface area contributed by atoms with Crippen molar-refractivity contribution in [1.29, 1.82) is 0 Å². The van der Waals surface area contributed by atoms with Crippen LogP contribution in [0.2, 0.25) is 5.02 Å². The Morgan fingerprint density at radius 2 is 1.71 bits per heavy atom. The summed E-state index contributed by atoms with van der Waals surface area (Å²) in [5.41, 5.74) is -0.395. The maximum atomic E-state index is 15.5. The van der Waals surface area contributed by atoms with Gasteiger partial charge in [-0.1, -0.05) is 23.6 Å². The van der Waals surface area contributed by atoms with Crippen LogP contribution in [-0.2, 0) is 73.6 Å². The number of hydrogen-bond acceptors (Lipinski definition) is 10. The fraction of sp³-hybridized carbons (Fsp3) is 0.405. The molecule has 5 aromatic rings. The lowest BCUT2D eigenvalue weighted by Crippen LogP contribution is -2.35. The third-order valence-corrected chi connectivity index (χ3v) is 14.4.